The van der Waals surface area contributed by atoms with E-state index in [-0.39, 0.29) is 28.7 Å². The van der Waals surface area contributed by atoms with Gasteiger partial charge < -0.3 is 4.74 Å². The minimum atomic E-state index is -0.205. The molecule has 4 rings (SSSR count). The van der Waals surface area contributed by atoms with Crippen LogP contribution in [0.1, 0.15) is 65.2 Å². The molecule has 0 aromatic rings. The lowest BCUT2D eigenvalue weighted by Gasteiger charge is -2.56. The van der Waals surface area contributed by atoms with E-state index in [0.29, 0.717) is 23.5 Å². The Hall–Kier alpha value is -0.770. The summed E-state index contributed by atoms with van der Waals surface area (Å²) in [6.45, 7) is 4.67. The van der Waals surface area contributed by atoms with Gasteiger partial charge >= 0.3 is 5.97 Å². The largest absolute Gasteiger partial charge is 0.461 e. The molecule has 138 valence electrons. The normalized spacial score (nSPS) is 45.9. The van der Waals surface area contributed by atoms with Crippen LogP contribution in [0, 0.1) is 28.6 Å². The van der Waals surface area contributed by atoms with Gasteiger partial charge in [0.25, 0.3) is 0 Å². The Kier molecular flexibility index (Phi) is 4.33. The predicted molar refractivity (Wildman–Crippen MR) is 100 cm³/mol. The number of esters is 1. The first-order valence-corrected chi connectivity index (χ1v) is 10.5. The van der Waals surface area contributed by atoms with Crippen LogP contribution in [0.15, 0.2) is 11.6 Å². The number of hydrogen-bond donors (Lipinski definition) is 1. The standard InChI is InChI=1S/C21H30O3S/c1-20-9-7-14(24-19(23)12-25)11-13(20)3-4-15-16-5-6-18(22)21(16,2)10-8-17(15)20/h3,14-17,25H,4-12H2,1-2H3/t14-,15?,16?,17?,20-,21-/m0/s1. The molecular weight excluding hydrogens is 332 g/mol. The Labute approximate surface area is 156 Å². The number of rotatable bonds is 2. The smallest absolute Gasteiger partial charge is 0.315 e. The maximum Gasteiger partial charge on any atom is 0.315 e. The van der Waals surface area contributed by atoms with Gasteiger partial charge in [-0.25, -0.2) is 0 Å². The number of carbonyl (C=O) groups excluding carboxylic acids is 2. The third-order valence-corrected chi connectivity index (χ3v) is 8.45. The molecule has 4 aliphatic carbocycles. The lowest BCUT2D eigenvalue weighted by Crippen LogP contribution is -2.50. The number of carbonyl (C=O) groups is 2. The number of ketones is 1. The molecule has 25 heavy (non-hydrogen) atoms. The van der Waals surface area contributed by atoms with E-state index < -0.39 is 0 Å². The number of hydrogen-bond acceptors (Lipinski definition) is 4. The molecule has 4 heteroatoms. The van der Waals surface area contributed by atoms with Crippen molar-refractivity contribution in [3.05, 3.63) is 11.6 Å². The van der Waals surface area contributed by atoms with Crippen molar-refractivity contribution in [3.8, 4) is 0 Å². The van der Waals surface area contributed by atoms with Gasteiger partial charge in [-0.1, -0.05) is 25.5 Å². The van der Waals surface area contributed by atoms with Gasteiger partial charge in [-0.05, 0) is 61.7 Å². The Balaban J connectivity index is 1.56. The van der Waals surface area contributed by atoms with E-state index in [1.807, 2.05) is 0 Å². The molecule has 4 aliphatic rings. The molecule has 3 saturated carbocycles. The molecule has 6 atom stereocenters. The fourth-order valence-corrected chi connectivity index (χ4v) is 6.80. The van der Waals surface area contributed by atoms with Crippen molar-refractivity contribution in [2.75, 3.05) is 5.75 Å². The summed E-state index contributed by atoms with van der Waals surface area (Å²) in [4.78, 5) is 24.1. The molecular formula is C21H30O3S. The van der Waals surface area contributed by atoms with E-state index in [1.165, 1.54) is 12.0 Å². The minimum Gasteiger partial charge on any atom is -0.461 e. The molecule has 0 aromatic heterocycles. The number of ether oxygens (including phenoxy) is 1. The molecule has 0 aromatic carbocycles. The van der Waals surface area contributed by atoms with Crippen LogP contribution >= 0.6 is 12.6 Å². The zero-order valence-corrected chi connectivity index (χ0v) is 16.3. The number of allylic oxidation sites excluding steroid dienone is 1. The Morgan fingerprint density at radius 3 is 2.68 bits per heavy atom. The fourth-order valence-electron chi connectivity index (χ4n) is 6.72. The molecule has 0 bridgehead atoms. The molecule has 0 heterocycles. The lowest BCUT2D eigenvalue weighted by molar-refractivity contribution is -0.148. The van der Waals surface area contributed by atoms with Gasteiger partial charge in [0, 0.05) is 18.3 Å². The van der Waals surface area contributed by atoms with E-state index in [9.17, 15) is 9.59 Å². The molecule has 0 radical (unpaired) electrons. The highest BCUT2D eigenvalue weighted by Crippen LogP contribution is 2.64. The average Bonchev–Trinajstić information content (AvgIpc) is 2.90. The molecule has 3 unspecified atom stereocenters. The monoisotopic (exact) mass is 362 g/mol. The summed E-state index contributed by atoms with van der Waals surface area (Å²) < 4.78 is 5.57. The molecule has 3 nitrogen and oxygen atoms in total. The second kappa shape index (κ2) is 6.14. The fraction of sp³-hybridized carbons (Fsp3) is 0.810. The average molecular weight is 363 g/mol. The van der Waals surface area contributed by atoms with Crippen molar-refractivity contribution in [2.24, 2.45) is 28.6 Å². The highest BCUT2D eigenvalue weighted by atomic mass is 32.1. The van der Waals surface area contributed by atoms with E-state index >= 15 is 0 Å². The summed E-state index contributed by atoms with van der Waals surface area (Å²) in [5.41, 5.74) is 1.69. The quantitative estimate of drug-likeness (QED) is 0.451. The number of thiol groups is 1. The van der Waals surface area contributed by atoms with Gasteiger partial charge in [0.15, 0.2) is 0 Å². The summed E-state index contributed by atoms with van der Waals surface area (Å²) in [6, 6.07) is 0. The summed E-state index contributed by atoms with van der Waals surface area (Å²) >= 11 is 4.02. The summed E-state index contributed by atoms with van der Waals surface area (Å²) in [5.74, 6) is 2.40. The topological polar surface area (TPSA) is 43.4 Å². The Bertz CT molecular complexity index is 627. The van der Waals surface area contributed by atoms with Crippen molar-refractivity contribution in [1.29, 1.82) is 0 Å². The molecule has 0 saturated heterocycles. The second-order valence-corrected chi connectivity index (χ2v) is 9.51. The van der Waals surface area contributed by atoms with Crippen molar-refractivity contribution < 1.29 is 14.3 Å². The van der Waals surface area contributed by atoms with Crippen LogP contribution < -0.4 is 0 Å². The maximum atomic E-state index is 12.5. The van der Waals surface area contributed by atoms with Crippen LogP contribution in [0.5, 0.6) is 0 Å². The third kappa shape index (κ3) is 2.62. The van der Waals surface area contributed by atoms with Crippen molar-refractivity contribution >= 4 is 24.4 Å². The Morgan fingerprint density at radius 2 is 1.92 bits per heavy atom. The van der Waals surface area contributed by atoms with Crippen LogP contribution in [-0.2, 0) is 14.3 Å². The second-order valence-electron chi connectivity index (χ2n) is 9.19. The zero-order chi connectivity index (χ0) is 17.8. The highest BCUT2D eigenvalue weighted by molar-refractivity contribution is 7.81. The minimum absolute atomic E-state index is 0.0254. The van der Waals surface area contributed by atoms with Crippen LogP contribution in [0.2, 0.25) is 0 Å². The molecule has 3 fully saturated rings. The highest BCUT2D eigenvalue weighted by Gasteiger charge is 2.58. The van der Waals surface area contributed by atoms with Gasteiger partial charge in [0.2, 0.25) is 0 Å². The molecule has 0 N–H and O–H groups in total. The van der Waals surface area contributed by atoms with Crippen molar-refractivity contribution in [2.45, 2.75) is 71.3 Å². The Morgan fingerprint density at radius 1 is 1.20 bits per heavy atom. The lowest BCUT2D eigenvalue weighted by atomic mass is 9.48. The van der Waals surface area contributed by atoms with Crippen LogP contribution in [0.3, 0.4) is 0 Å². The van der Waals surface area contributed by atoms with Crippen LogP contribution in [0.25, 0.3) is 0 Å². The SMILES string of the molecule is C[C@]12CC[C@H](OC(=O)CS)CC1=CCC1C2CC[C@]2(C)C(=O)CCC12. The van der Waals surface area contributed by atoms with E-state index in [2.05, 4.69) is 32.6 Å². The summed E-state index contributed by atoms with van der Waals surface area (Å²) in [6.07, 6.45) is 10.7. The van der Waals surface area contributed by atoms with Gasteiger partial charge in [-0.2, -0.15) is 12.6 Å². The van der Waals surface area contributed by atoms with Gasteiger partial charge in [-0.15, -0.1) is 0 Å². The zero-order valence-electron chi connectivity index (χ0n) is 15.4. The first-order valence-electron chi connectivity index (χ1n) is 9.91. The predicted octanol–water partition coefficient (Wildman–Crippen LogP) is 4.36. The van der Waals surface area contributed by atoms with Crippen molar-refractivity contribution in [3.63, 3.8) is 0 Å². The van der Waals surface area contributed by atoms with E-state index in [4.69, 9.17) is 4.74 Å². The molecule has 0 spiro atoms. The first-order chi connectivity index (χ1) is 11.9. The van der Waals surface area contributed by atoms with Gasteiger partial charge in [0.05, 0.1) is 5.75 Å². The maximum absolute atomic E-state index is 12.5. The van der Waals surface area contributed by atoms with Gasteiger partial charge in [0.1, 0.15) is 11.9 Å². The van der Waals surface area contributed by atoms with Crippen LogP contribution in [-0.4, -0.2) is 23.6 Å². The first kappa shape index (κ1) is 17.6. The van der Waals surface area contributed by atoms with Crippen molar-refractivity contribution in [1.82, 2.24) is 0 Å². The molecule has 0 aliphatic heterocycles. The van der Waals surface area contributed by atoms with Crippen LogP contribution in [0.4, 0.5) is 0 Å². The summed E-state index contributed by atoms with van der Waals surface area (Å²) in [5, 5.41) is 0. The number of Topliss-reactive ketones (excluding diaryl/α,β-unsaturated/α-hetero) is 1. The molecule has 0 amide bonds. The van der Waals surface area contributed by atoms with E-state index in [1.54, 1.807) is 0 Å². The summed E-state index contributed by atoms with van der Waals surface area (Å²) in [7, 11) is 0. The third-order valence-electron chi connectivity index (χ3n) is 8.19. The van der Waals surface area contributed by atoms with Gasteiger partial charge in [-0.3, -0.25) is 9.59 Å². The number of fused-ring (bicyclic) bond motifs is 5. The van der Waals surface area contributed by atoms with E-state index in [0.717, 1.165) is 44.9 Å².